The van der Waals surface area contributed by atoms with Crippen molar-refractivity contribution in [3.05, 3.63) is 132 Å². The van der Waals surface area contributed by atoms with Crippen LogP contribution in [-0.4, -0.2) is 37.5 Å². The van der Waals surface area contributed by atoms with Crippen LogP contribution in [-0.2, 0) is 27.1 Å². The van der Waals surface area contributed by atoms with Crippen LogP contribution < -0.4 is 15.7 Å². The molecule has 2 aromatic heterocycles. The van der Waals surface area contributed by atoms with Crippen molar-refractivity contribution in [1.29, 1.82) is 0 Å². The number of oxazole rings is 1. The molecule has 1 N–H and O–H groups in total. The van der Waals surface area contributed by atoms with Crippen LogP contribution in [0.5, 0.6) is 0 Å². The van der Waals surface area contributed by atoms with Crippen molar-refractivity contribution in [3.63, 3.8) is 0 Å². The van der Waals surface area contributed by atoms with E-state index in [0.29, 0.717) is 22.8 Å². The first-order valence-electron chi connectivity index (χ1n) is 15.8. The summed E-state index contributed by atoms with van der Waals surface area (Å²) in [5.41, 5.74) is 2.39. The standard InChI is InChI=1S/C38H41N3O6Si/c1-26(39-37(43)45-24-28-16-10-7-11-17-28)35-41-33(27(2)47-35)34-32(36(42)44-6)23-22-29(40-34)25-46-48(38(3,4)5,30-18-12-8-13-19-30)31-20-14-9-15-21-31/h7-23,26H,24-25H2,1-6H3,(H,39,43)/t26-/m0/s1. The highest BCUT2D eigenvalue weighted by atomic mass is 28.4. The first kappa shape index (κ1) is 34.3. The Kier molecular flexibility index (Phi) is 10.6. The van der Waals surface area contributed by atoms with Gasteiger partial charge in [0, 0.05) is 0 Å². The van der Waals surface area contributed by atoms with Crippen LogP contribution in [0.3, 0.4) is 0 Å². The fourth-order valence-electron chi connectivity index (χ4n) is 5.80. The molecule has 0 saturated heterocycles. The van der Waals surface area contributed by atoms with Gasteiger partial charge in [-0.2, -0.15) is 0 Å². The molecule has 5 rings (SSSR count). The van der Waals surface area contributed by atoms with Gasteiger partial charge in [0.15, 0.2) is 0 Å². The molecule has 0 aliphatic carbocycles. The van der Waals surface area contributed by atoms with Gasteiger partial charge in [0.05, 0.1) is 25.0 Å². The predicted octanol–water partition coefficient (Wildman–Crippen LogP) is 6.90. The number of pyridine rings is 1. The van der Waals surface area contributed by atoms with Crippen LogP contribution in [0, 0.1) is 6.92 Å². The number of benzene rings is 3. The Balaban J connectivity index is 1.44. The first-order chi connectivity index (χ1) is 23.0. The van der Waals surface area contributed by atoms with E-state index in [4.69, 9.17) is 23.3 Å². The topological polar surface area (TPSA) is 113 Å². The number of methoxy groups -OCH3 is 1. The fourth-order valence-corrected chi connectivity index (χ4v) is 10.3. The molecule has 0 aliphatic heterocycles. The number of esters is 1. The quantitative estimate of drug-likeness (QED) is 0.120. The Labute approximate surface area is 282 Å². The third-order valence-electron chi connectivity index (χ3n) is 8.17. The fraction of sp³-hybridized carbons (Fsp3) is 0.263. The number of rotatable bonds is 11. The van der Waals surface area contributed by atoms with Crippen molar-refractivity contribution in [2.24, 2.45) is 0 Å². The zero-order chi connectivity index (χ0) is 34.3. The molecule has 0 aliphatic rings. The smallest absolute Gasteiger partial charge is 0.408 e. The van der Waals surface area contributed by atoms with E-state index < -0.39 is 26.4 Å². The van der Waals surface area contributed by atoms with Gasteiger partial charge in [-0.1, -0.05) is 112 Å². The average molecular weight is 664 g/mol. The number of alkyl carbamates (subject to hydrolysis) is 1. The summed E-state index contributed by atoms with van der Waals surface area (Å²) < 4.78 is 23.5. The van der Waals surface area contributed by atoms with Crippen molar-refractivity contribution in [1.82, 2.24) is 15.3 Å². The molecule has 0 unspecified atom stereocenters. The lowest BCUT2D eigenvalue weighted by atomic mass is 10.1. The molecular formula is C38H41N3O6Si. The number of aromatic nitrogens is 2. The molecule has 2 heterocycles. The summed E-state index contributed by atoms with van der Waals surface area (Å²) in [7, 11) is -1.54. The Bertz CT molecular complexity index is 1800. The largest absolute Gasteiger partial charge is 0.465 e. The van der Waals surface area contributed by atoms with E-state index in [2.05, 4.69) is 55.3 Å². The van der Waals surface area contributed by atoms with E-state index in [9.17, 15) is 9.59 Å². The number of carbonyl (C=O) groups is 2. The molecule has 3 aromatic carbocycles. The molecule has 9 nitrogen and oxygen atoms in total. The maximum absolute atomic E-state index is 12.9. The number of ether oxygens (including phenoxy) is 2. The zero-order valence-corrected chi connectivity index (χ0v) is 29.2. The number of aryl methyl sites for hydroxylation is 1. The first-order valence-corrected chi connectivity index (χ1v) is 17.7. The third-order valence-corrected chi connectivity index (χ3v) is 13.1. The van der Waals surface area contributed by atoms with Crippen molar-refractivity contribution < 1.29 is 27.9 Å². The Hall–Kier alpha value is -5.06. The molecule has 1 atom stereocenters. The van der Waals surface area contributed by atoms with Gasteiger partial charge in [-0.15, -0.1) is 0 Å². The third kappa shape index (κ3) is 7.40. The molecule has 10 heteroatoms. The van der Waals surface area contributed by atoms with Gasteiger partial charge >= 0.3 is 12.1 Å². The lowest BCUT2D eigenvalue weighted by molar-refractivity contribution is 0.0601. The molecule has 0 spiro atoms. The summed E-state index contributed by atoms with van der Waals surface area (Å²) in [5, 5.41) is 4.82. The van der Waals surface area contributed by atoms with E-state index in [1.54, 1.807) is 26.0 Å². The van der Waals surface area contributed by atoms with Gasteiger partial charge in [0.1, 0.15) is 29.8 Å². The summed E-state index contributed by atoms with van der Waals surface area (Å²) in [5.74, 6) is 0.112. The van der Waals surface area contributed by atoms with Gasteiger partial charge < -0.3 is 23.6 Å². The van der Waals surface area contributed by atoms with Crippen molar-refractivity contribution in [2.75, 3.05) is 7.11 Å². The molecule has 0 bridgehead atoms. The SMILES string of the molecule is COC(=O)c1ccc(CO[Si](c2ccccc2)(c2ccccc2)C(C)(C)C)nc1-c1nc([C@H](C)NC(=O)OCc2ccccc2)oc1C. The van der Waals surface area contributed by atoms with E-state index in [1.807, 2.05) is 66.7 Å². The van der Waals surface area contributed by atoms with Crippen LogP contribution in [0.25, 0.3) is 11.4 Å². The van der Waals surface area contributed by atoms with E-state index >= 15 is 0 Å². The maximum Gasteiger partial charge on any atom is 0.408 e. The normalized spacial score (nSPS) is 12.3. The number of amides is 1. The number of nitrogens with one attached hydrogen (secondary N) is 1. The Morgan fingerprint density at radius 3 is 1.96 bits per heavy atom. The molecule has 1 amide bonds. The number of hydrogen-bond donors (Lipinski definition) is 1. The van der Waals surface area contributed by atoms with Gasteiger partial charge in [-0.05, 0) is 47.0 Å². The second-order valence-electron chi connectivity index (χ2n) is 12.5. The molecular weight excluding hydrogens is 623 g/mol. The lowest BCUT2D eigenvalue weighted by Gasteiger charge is -2.43. The predicted molar refractivity (Wildman–Crippen MR) is 186 cm³/mol. The Morgan fingerprint density at radius 1 is 0.812 bits per heavy atom. The minimum Gasteiger partial charge on any atom is -0.465 e. The van der Waals surface area contributed by atoms with E-state index in [1.165, 1.54) is 7.11 Å². The van der Waals surface area contributed by atoms with Crippen LogP contribution in [0.2, 0.25) is 5.04 Å². The number of carbonyl (C=O) groups excluding carboxylic acids is 2. The molecule has 5 aromatic rings. The van der Waals surface area contributed by atoms with Crippen LogP contribution >= 0.6 is 0 Å². The van der Waals surface area contributed by atoms with Gasteiger partial charge in [-0.3, -0.25) is 0 Å². The van der Waals surface area contributed by atoms with Crippen molar-refractivity contribution in [3.8, 4) is 11.4 Å². The second kappa shape index (κ2) is 14.8. The summed E-state index contributed by atoms with van der Waals surface area (Å²) in [6.07, 6.45) is -0.611. The Morgan fingerprint density at radius 2 is 1.40 bits per heavy atom. The minimum atomic E-state index is -2.86. The van der Waals surface area contributed by atoms with Crippen LogP contribution in [0.4, 0.5) is 4.79 Å². The average Bonchev–Trinajstić information content (AvgIpc) is 3.49. The highest BCUT2D eigenvalue weighted by Crippen LogP contribution is 2.37. The van der Waals surface area contributed by atoms with Crippen molar-refractivity contribution >= 4 is 30.8 Å². The summed E-state index contributed by atoms with van der Waals surface area (Å²) in [6, 6.07) is 33.0. The molecule has 0 fully saturated rings. The van der Waals surface area contributed by atoms with Crippen LogP contribution in [0.15, 0.2) is 108 Å². The summed E-state index contributed by atoms with van der Waals surface area (Å²) >= 11 is 0. The molecule has 0 radical (unpaired) electrons. The summed E-state index contributed by atoms with van der Waals surface area (Å²) in [6.45, 7) is 10.4. The van der Waals surface area contributed by atoms with Gasteiger partial charge in [0.2, 0.25) is 5.89 Å². The highest BCUT2D eigenvalue weighted by molar-refractivity contribution is 6.99. The van der Waals surface area contributed by atoms with Crippen molar-refractivity contribution in [2.45, 2.75) is 58.9 Å². The molecule has 248 valence electrons. The summed E-state index contributed by atoms with van der Waals surface area (Å²) in [4.78, 5) is 35.0. The number of nitrogens with zero attached hydrogens (tertiary/aromatic N) is 2. The number of hydrogen-bond acceptors (Lipinski definition) is 8. The minimum absolute atomic E-state index is 0.129. The highest BCUT2D eigenvalue weighted by Gasteiger charge is 2.50. The lowest BCUT2D eigenvalue weighted by Crippen LogP contribution is -2.66. The zero-order valence-electron chi connectivity index (χ0n) is 28.2. The van der Waals surface area contributed by atoms with Gasteiger partial charge in [0.25, 0.3) is 8.32 Å². The molecule has 0 saturated carbocycles. The van der Waals surface area contributed by atoms with Crippen LogP contribution in [0.1, 0.15) is 67.0 Å². The van der Waals surface area contributed by atoms with E-state index in [-0.39, 0.29) is 29.7 Å². The monoisotopic (exact) mass is 663 g/mol. The second-order valence-corrected chi connectivity index (χ2v) is 16.8. The van der Waals surface area contributed by atoms with Gasteiger partial charge in [-0.25, -0.2) is 19.6 Å². The van der Waals surface area contributed by atoms with E-state index in [0.717, 1.165) is 15.9 Å². The molecule has 48 heavy (non-hydrogen) atoms. The maximum atomic E-state index is 12.9.